The zero-order valence-electron chi connectivity index (χ0n) is 24.7. The molecule has 0 unspecified atom stereocenters. The Kier molecular flexibility index (Phi) is 7.95. The number of carbonyl (C=O) groups is 1. The number of carbonyl (C=O) groups excluding carboxylic acids is 1. The normalized spacial score (nSPS) is 17.9. The number of Topliss-reactive ketones (excluding diaryl/α,β-unsaturated/α-hetero) is 1. The third kappa shape index (κ3) is 5.09. The predicted octanol–water partition coefficient (Wildman–Crippen LogP) is 6.79. The van der Waals surface area contributed by atoms with Gasteiger partial charge in [-0.2, -0.15) is 0 Å². The van der Waals surface area contributed by atoms with E-state index in [2.05, 4.69) is 0 Å². The molecule has 3 aromatic carbocycles. The Labute approximate surface area is 249 Å². The molecular weight excluding hydrogens is 550 g/mol. The number of hydrogen-bond donors (Lipinski definition) is 2. The van der Waals surface area contributed by atoms with Crippen LogP contribution in [0.1, 0.15) is 47.4 Å². The van der Waals surface area contributed by atoms with Gasteiger partial charge < -0.3 is 19.3 Å². The number of nitro benzene ring substituents is 1. The molecule has 5 rings (SSSR count). The van der Waals surface area contributed by atoms with Crippen LogP contribution in [-0.4, -0.2) is 43.0 Å². The summed E-state index contributed by atoms with van der Waals surface area (Å²) in [5, 5.41) is 33.3. The maximum absolute atomic E-state index is 13.9. The van der Waals surface area contributed by atoms with Crippen molar-refractivity contribution in [3.63, 3.8) is 0 Å². The van der Waals surface area contributed by atoms with Crippen molar-refractivity contribution in [2.75, 3.05) is 26.2 Å². The second-order valence-electron chi connectivity index (χ2n) is 10.6. The fourth-order valence-electron chi connectivity index (χ4n) is 5.88. The number of nitro groups is 1. The Morgan fingerprint density at radius 2 is 1.63 bits per heavy atom. The number of hydrogen-bond acceptors (Lipinski definition) is 8. The van der Waals surface area contributed by atoms with Crippen LogP contribution >= 0.6 is 0 Å². The Bertz CT molecular complexity index is 1680. The Hall–Kier alpha value is -5.12. The Morgan fingerprint density at radius 1 is 0.977 bits per heavy atom. The molecule has 0 saturated heterocycles. The predicted molar refractivity (Wildman–Crippen MR) is 163 cm³/mol. The molecule has 43 heavy (non-hydrogen) atoms. The van der Waals surface area contributed by atoms with Gasteiger partial charge in [-0.05, 0) is 49.9 Å². The van der Waals surface area contributed by atoms with E-state index < -0.39 is 10.8 Å². The van der Waals surface area contributed by atoms with Crippen molar-refractivity contribution in [1.82, 2.24) is 0 Å². The van der Waals surface area contributed by atoms with Gasteiger partial charge in [0.2, 0.25) is 5.75 Å². The molecule has 0 saturated carbocycles. The summed E-state index contributed by atoms with van der Waals surface area (Å²) in [5.41, 5.74) is 4.12. The van der Waals surface area contributed by atoms with E-state index in [0.29, 0.717) is 63.7 Å². The molecule has 1 aliphatic carbocycles. The number of methoxy groups -OCH3 is 3. The minimum atomic E-state index is -0.861. The highest BCUT2D eigenvalue weighted by atomic mass is 16.6. The van der Waals surface area contributed by atoms with Gasteiger partial charge >= 0.3 is 0 Å². The van der Waals surface area contributed by atoms with E-state index in [4.69, 9.17) is 14.2 Å². The Balaban J connectivity index is 1.89. The van der Waals surface area contributed by atoms with Crippen LogP contribution in [0.3, 0.4) is 0 Å². The van der Waals surface area contributed by atoms with Gasteiger partial charge in [0, 0.05) is 46.9 Å². The second-order valence-corrected chi connectivity index (χ2v) is 10.6. The topological polar surface area (TPSA) is 135 Å². The molecule has 3 aromatic rings. The number of anilines is 1. The first-order valence-corrected chi connectivity index (χ1v) is 13.8. The van der Waals surface area contributed by atoms with E-state index in [-0.39, 0.29) is 35.1 Å². The molecule has 0 spiro atoms. The molecule has 2 N–H and O–H groups in total. The molecule has 10 nitrogen and oxygen atoms in total. The smallest absolute Gasteiger partial charge is 0.271 e. The van der Waals surface area contributed by atoms with Crippen molar-refractivity contribution in [2.45, 2.75) is 39.0 Å². The lowest BCUT2D eigenvalue weighted by molar-refractivity contribution is -0.384. The van der Waals surface area contributed by atoms with Gasteiger partial charge in [0.25, 0.3) is 5.69 Å². The first-order chi connectivity index (χ1) is 20.6. The first-order valence-electron chi connectivity index (χ1n) is 13.8. The van der Waals surface area contributed by atoms with E-state index >= 15 is 0 Å². The van der Waals surface area contributed by atoms with Gasteiger partial charge in [0.1, 0.15) is 11.6 Å². The van der Waals surface area contributed by atoms with E-state index in [0.717, 1.165) is 5.56 Å². The maximum atomic E-state index is 13.9. The summed E-state index contributed by atoms with van der Waals surface area (Å²) in [4.78, 5) is 26.7. The van der Waals surface area contributed by atoms with Crippen LogP contribution in [0.4, 0.5) is 11.4 Å². The highest BCUT2D eigenvalue weighted by Crippen LogP contribution is 2.51. The van der Waals surface area contributed by atoms with Crippen LogP contribution in [0.5, 0.6) is 17.2 Å². The first kappa shape index (κ1) is 29.4. The summed E-state index contributed by atoms with van der Waals surface area (Å²) >= 11 is 0. The molecule has 0 fully saturated rings. The van der Waals surface area contributed by atoms with E-state index in [9.17, 15) is 25.4 Å². The summed E-state index contributed by atoms with van der Waals surface area (Å²) in [6, 6.07) is 15.1. The average Bonchev–Trinajstić information content (AvgIpc) is 3.00. The molecule has 1 heterocycles. The highest BCUT2D eigenvalue weighted by Gasteiger charge is 2.44. The van der Waals surface area contributed by atoms with E-state index in [1.807, 2.05) is 19.1 Å². The second kappa shape index (κ2) is 11.6. The summed E-state index contributed by atoms with van der Waals surface area (Å²) in [6.07, 6.45) is 1.30. The van der Waals surface area contributed by atoms with Crippen molar-refractivity contribution in [3.8, 4) is 17.2 Å². The molecule has 2 aliphatic rings. The molecular formula is C33H33N3O7. The maximum Gasteiger partial charge on any atom is 0.271 e. The molecule has 0 amide bonds. The number of allylic oxidation sites excluding steroid dienone is 2. The minimum absolute atomic E-state index is 0.0890. The van der Waals surface area contributed by atoms with E-state index in [1.165, 1.54) is 33.5 Å². The molecule has 1 aliphatic heterocycles. The van der Waals surface area contributed by atoms with Gasteiger partial charge in [-0.1, -0.05) is 35.9 Å². The number of ether oxygens (including phenoxy) is 3. The summed E-state index contributed by atoms with van der Waals surface area (Å²) in [5.74, 6) is -0.170. The van der Waals surface area contributed by atoms with Crippen molar-refractivity contribution in [3.05, 3.63) is 104 Å². The average molecular weight is 584 g/mol. The van der Waals surface area contributed by atoms with Gasteiger partial charge in [-0.3, -0.25) is 25.2 Å². The molecule has 0 radical (unpaired) electrons. The quantitative estimate of drug-likeness (QED) is 0.176. The van der Waals surface area contributed by atoms with Crippen LogP contribution in [-0.2, 0) is 4.79 Å². The lowest BCUT2D eigenvalue weighted by Crippen LogP contribution is -2.42. The third-order valence-corrected chi connectivity index (χ3v) is 8.00. The summed E-state index contributed by atoms with van der Waals surface area (Å²) in [7, 11) is 4.48. The largest absolute Gasteiger partial charge is 0.507 e. The molecule has 0 bridgehead atoms. The van der Waals surface area contributed by atoms with Crippen LogP contribution < -0.4 is 19.1 Å². The minimum Gasteiger partial charge on any atom is -0.507 e. The van der Waals surface area contributed by atoms with Crippen molar-refractivity contribution < 1.29 is 29.0 Å². The van der Waals surface area contributed by atoms with Crippen LogP contribution in [0.25, 0.3) is 5.76 Å². The number of non-ortho nitro benzene ring substituents is 1. The number of nitrogens with zero attached hydrogens (tertiary/aromatic N) is 2. The van der Waals surface area contributed by atoms with Gasteiger partial charge in [0.15, 0.2) is 17.3 Å². The van der Waals surface area contributed by atoms with Gasteiger partial charge in [-0.25, -0.2) is 0 Å². The summed E-state index contributed by atoms with van der Waals surface area (Å²) in [6.45, 7) is 3.73. The van der Waals surface area contributed by atoms with Crippen LogP contribution in [0.2, 0.25) is 0 Å². The van der Waals surface area contributed by atoms with Crippen molar-refractivity contribution >= 4 is 28.8 Å². The molecule has 1 atom stereocenters. The monoisotopic (exact) mass is 583 g/mol. The van der Waals surface area contributed by atoms with Gasteiger partial charge in [0.05, 0.1) is 31.9 Å². The zero-order chi connectivity index (χ0) is 31.0. The highest BCUT2D eigenvalue weighted by molar-refractivity contribution is 6.20. The number of benzene rings is 3. The number of rotatable bonds is 7. The number of nitrogens with one attached hydrogen (secondary N) is 1. The SMILES string of the molecule is COc1cc([C@@H]2C(=C(O)c3ccc(C)cc3)C(=N)N(c3cc([N+](=O)[O-])ccc3C)C3=C2C(=O)CCC3)cc(OC)c1OC. The number of aryl methyl sites for hydroxylation is 2. The van der Waals surface area contributed by atoms with E-state index in [1.54, 1.807) is 42.2 Å². The number of aliphatic hydroxyl groups is 1. The summed E-state index contributed by atoms with van der Waals surface area (Å²) < 4.78 is 16.8. The molecule has 0 aromatic heterocycles. The van der Waals surface area contributed by atoms with Crippen molar-refractivity contribution in [2.24, 2.45) is 0 Å². The lowest BCUT2D eigenvalue weighted by Gasteiger charge is -2.42. The van der Waals surface area contributed by atoms with Crippen LogP contribution in [0.15, 0.2) is 71.4 Å². The van der Waals surface area contributed by atoms with Gasteiger partial charge in [-0.15, -0.1) is 0 Å². The fourth-order valence-corrected chi connectivity index (χ4v) is 5.88. The Morgan fingerprint density at radius 3 is 2.21 bits per heavy atom. The number of amidine groups is 1. The molecule has 222 valence electrons. The van der Waals surface area contributed by atoms with Crippen LogP contribution in [0, 0.1) is 29.4 Å². The number of aliphatic hydroxyl groups excluding tert-OH is 1. The zero-order valence-corrected chi connectivity index (χ0v) is 24.7. The number of ketones is 1. The standard InChI is InChI=1S/C33H33N3O7/c1-18-9-12-20(13-10-18)31(38)30-28(21-15-26(41-3)32(43-5)27(16-21)42-4)29-23(7-6-8-25(29)37)35(33(30)34)24-17-22(36(39)40)14-11-19(24)2/h9-17,28,34,38H,6-8H2,1-5H3/t28-/m0/s1. The lowest BCUT2D eigenvalue weighted by atomic mass is 9.73. The fraction of sp³-hybridized carbons (Fsp3) is 0.273. The third-order valence-electron chi connectivity index (χ3n) is 8.00. The van der Waals surface area contributed by atoms with Crippen molar-refractivity contribution in [1.29, 1.82) is 5.41 Å². The molecule has 10 heteroatoms.